The maximum atomic E-state index is 14.3. The lowest BCUT2D eigenvalue weighted by atomic mass is 10.1. The van der Waals surface area contributed by atoms with E-state index in [0.29, 0.717) is 4.57 Å². The van der Waals surface area contributed by atoms with E-state index in [1.807, 2.05) is 0 Å². The molecule has 2 rings (SSSR count). The molecular weight excluding hydrogens is 418 g/mol. The molecule has 0 amide bonds. The fourth-order valence-electron chi connectivity index (χ4n) is 2.12. The molecule has 1 unspecified atom stereocenters. The average Bonchev–Trinajstić information content (AvgIpc) is 2.75. The molecule has 1 aromatic rings. The van der Waals surface area contributed by atoms with Crippen LogP contribution in [0.15, 0.2) is 28.7 Å². The molecule has 0 aromatic carbocycles. The molecule has 0 radical (unpaired) electrons. The molecule has 0 bridgehead atoms. The molecule has 0 spiro atoms. The predicted molar refractivity (Wildman–Crippen MR) is 84.7 cm³/mol. The van der Waals surface area contributed by atoms with Crippen LogP contribution >= 0.6 is 15.2 Å². The predicted octanol–water partition coefficient (Wildman–Crippen LogP) is -0.430. The van der Waals surface area contributed by atoms with Crippen LogP contribution in [0.25, 0.3) is 0 Å². The lowest BCUT2D eigenvalue weighted by molar-refractivity contribution is -0.140. The molecule has 16 heteroatoms. The van der Waals surface area contributed by atoms with Crippen LogP contribution in [0.4, 0.5) is 14.6 Å². The van der Waals surface area contributed by atoms with Crippen LogP contribution < -0.4 is 11.4 Å². The highest BCUT2D eigenvalue weighted by atomic mass is 31.2. The molecule has 1 saturated heterocycles. The van der Waals surface area contributed by atoms with Crippen LogP contribution in [0.2, 0.25) is 0 Å². The minimum absolute atomic E-state index is 0.241. The van der Waals surface area contributed by atoms with Crippen LogP contribution in [0.3, 0.4) is 0 Å². The molecule has 1 aliphatic rings. The number of aromatic nitrogens is 2. The standard InChI is InChI=1S/C11H15F2N3O9P2/c1-5(26(19,20)21)27(22,23)24-4-6-8(17)11(12,13)9(25-6)16-3-2-7(14)15-10(16)18/h2-3,6,8-9,17H,1,4H2,(H,22,23)(H2,14,15,18)(H2,19,20,21)/t6-,8-,9-/m1/s1. The Morgan fingerprint density at radius 3 is 2.56 bits per heavy atom. The molecule has 1 aliphatic heterocycles. The summed E-state index contributed by atoms with van der Waals surface area (Å²) < 4.78 is 60.9. The van der Waals surface area contributed by atoms with E-state index in [0.717, 1.165) is 12.3 Å². The lowest BCUT2D eigenvalue weighted by Gasteiger charge is -2.20. The molecule has 27 heavy (non-hydrogen) atoms. The van der Waals surface area contributed by atoms with Gasteiger partial charge in [-0.25, -0.2) is 4.79 Å². The largest absolute Gasteiger partial charge is 0.384 e. The maximum absolute atomic E-state index is 14.3. The summed E-state index contributed by atoms with van der Waals surface area (Å²) in [5, 5.41) is 8.27. The number of nitrogens with two attached hydrogens (primary N) is 1. The van der Waals surface area contributed by atoms with Crippen molar-refractivity contribution < 1.29 is 47.0 Å². The fourth-order valence-corrected chi connectivity index (χ4v) is 4.11. The van der Waals surface area contributed by atoms with Gasteiger partial charge < -0.3 is 34.8 Å². The van der Waals surface area contributed by atoms with Crippen molar-refractivity contribution in [1.29, 1.82) is 0 Å². The molecule has 152 valence electrons. The quantitative estimate of drug-likeness (QED) is 0.365. The van der Waals surface area contributed by atoms with Crippen molar-refractivity contribution in [2.45, 2.75) is 24.4 Å². The third-order valence-corrected chi connectivity index (χ3v) is 6.92. The maximum Gasteiger partial charge on any atom is 0.366 e. The van der Waals surface area contributed by atoms with E-state index >= 15 is 0 Å². The van der Waals surface area contributed by atoms with Gasteiger partial charge in [-0.3, -0.25) is 13.7 Å². The lowest BCUT2D eigenvalue weighted by Crippen LogP contribution is -2.41. The first kappa shape index (κ1) is 21.8. The van der Waals surface area contributed by atoms with Gasteiger partial charge in [0.1, 0.15) is 17.0 Å². The summed E-state index contributed by atoms with van der Waals surface area (Å²) in [5.74, 6) is -4.27. The fraction of sp³-hybridized carbons (Fsp3) is 0.455. The third-order valence-electron chi connectivity index (χ3n) is 3.56. The van der Waals surface area contributed by atoms with Crippen molar-refractivity contribution in [2.24, 2.45) is 0 Å². The van der Waals surface area contributed by atoms with Gasteiger partial charge in [-0.1, -0.05) is 6.58 Å². The topological polar surface area (TPSA) is 194 Å². The summed E-state index contributed by atoms with van der Waals surface area (Å²) in [7, 11) is -10.3. The van der Waals surface area contributed by atoms with Gasteiger partial charge in [-0.05, 0) is 6.07 Å². The Hall–Kier alpha value is -1.50. The highest BCUT2D eigenvalue weighted by molar-refractivity contribution is 7.77. The molecule has 0 aliphatic carbocycles. The van der Waals surface area contributed by atoms with Crippen molar-refractivity contribution in [2.75, 3.05) is 12.3 Å². The van der Waals surface area contributed by atoms with Crippen molar-refractivity contribution in [3.63, 3.8) is 0 Å². The number of hydrogen-bond acceptors (Lipinski definition) is 8. The Balaban J connectivity index is 2.21. The highest BCUT2D eigenvalue weighted by Crippen LogP contribution is 2.65. The number of nitrogens with zero attached hydrogens (tertiary/aromatic N) is 2. The third kappa shape index (κ3) is 4.33. The van der Waals surface area contributed by atoms with Crippen molar-refractivity contribution in [1.82, 2.24) is 9.55 Å². The van der Waals surface area contributed by atoms with E-state index in [1.54, 1.807) is 0 Å². The summed E-state index contributed by atoms with van der Waals surface area (Å²) in [6.45, 7) is 1.60. The average molecular weight is 433 g/mol. The molecule has 6 N–H and O–H groups in total. The van der Waals surface area contributed by atoms with Gasteiger partial charge in [0.15, 0.2) is 6.10 Å². The van der Waals surface area contributed by atoms with Crippen molar-refractivity contribution >= 4 is 21.0 Å². The smallest absolute Gasteiger partial charge is 0.366 e. The zero-order valence-corrected chi connectivity index (χ0v) is 15.0. The van der Waals surface area contributed by atoms with Crippen LogP contribution in [0.1, 0.15) is 6.23 Å². The molecule has 1 aromatic heterocycles. The number of nitrogen functional groups attached to an aromatic ring is 1. The van der Waals surface area contributed by atoms with E-state index in [1.165, 1.54) is 0 Å². The van der Waals surface area contributed by atoms with Crippen LogP contribution in [0, 0.1) is 0 Å². The molecule has 1 fully saturated rings. The number of aliphatic hydroxyl groups excluding tert-OH is 1. The minimum Gasteiger partial charge on any atom is -0.384 e. The first-order valence-corrected chi connectivity index (χ1v) is 10.2. The van der Waals surface area contributed by atoms with E-state index in [-0.39, 0.29) is 5.82 Å². The van der Waals surface area contributed by atoms with Crippen LogP contribution in [-0.4, -0.2) is 54.1 Å². The summed E-state index contributed by atoms with van der Waals surface area (Å²) >= 11 is 0. The Labute approximate surface area is 149 Å². The number of hydrogen-bond donors (Lipinski definition) is 5. The van der Waals surface area contributed by atoms with Crippen molar-refractivity contribution in [3.8, 4) is 0 Å². The van der Waals surface area contributed by atoms with Gasteiger partial charge >= 0.3 is 26.8 Å². The van der Waals surface area contributed by atoms with Crippen LogP contribution in [0.5, 0.6) is 0 Å². The van der Waals surface area contributed by atoms with Crippen molar-refractivity contribution in [3.05, 3.63) is 34.4 Å². The van der Waals surface area contributed by atoms with E-state index in [4.69, 9.17) is 20.3 Å². The SMILES string of the molecule is C=C(P(=O)(O)O)P(=O)(O)OC[C@H]1O[C@@H](n2ccc(N)nc2=O)C(F)(F)[C@@H]1O. The Kier molecular flexibility index (Phi) is 5.77. The Morgan fingerprint density at radius 2 is 2.04 bits per heavy atom. The summed E-state index contributed by atoms with van der Waals surface area (Å²) in [6.07, 6.45) is -5.97. The second kappa shape index (κ2) is 7.15. The molecule has 2 heterocycles. The summed E-state index contributed by atoms with van der Waals surface area (Å²) in [6, 6.07) is 1.03. The van der Waals surface area contributed by atoms with Gasteiger partial charge in [0.25, 0.3) is 0 Å². The Bertz CT molecular complexity index is 901. The summed E-state index contributed by atoms with van der Waals surface area (Å²) in [4.78, 5) is 42.1. The number of ether oxygens (including phenoxy) is 1. The molecular formula is C11H15F2N3O9P2. The zero-order chi connectivity index (χ0) is 20.8. The number of rotatable bonds is 6. The van der Waals surface area contributed by atoms with Gasteiger partial charge in [0.2, 0.25) is 6.23 Å². The highest BCUT2D eigenvalue weighted by Gasteiger charge is 2.60. The minimum atomic E-state index is -5.20. The van der Waals surface area contributed by atoms with Crippen LogP contribution in [-0.2, 0) is 18.4 Å². The van der Waals surface area contributed by atoms with E-state index in [2.05, 4.69) is 16.1 Å². The number of anilines is 1. The van der Waals surface area contributed by atoms with Gasteiger partial charge in [0.05, 0.1) is 6.61 Å². The Morgan fingerprint density at radius 1 is 1.44 bits per heavy atom. The molecule has 12 nitrogen and oxygen atoms in total. The van der Waals surface area contributed by atoms with E-state index in [9.17, 15) is 32.7 Å². The van der Waals surface area contributed by atoms with Gasteiger partial charge in [0, 0.05) is 6.20 Å². The number of alkyl halides is 2. The van der Waals surface area contributed by atoms with Gasteiger partial charge in [-0.15, -0.1) is 0 Å². The van der Waals surface area contributed by atoms with E-state index < -0.39 is 56.9 Å². The number of halogens is 2. The second-order valence-corrected chi connectivity index (χ2v) is 9.28. The van der Waals surface area contributed by atoms with Gasteiger partial charge in [-0.2, -0.15) is 13.8 Å². The molecule has 0 saturated carbocycles. The monoisotopic (exact) mass is 433 g/mol. The number of aliphatic hydroxyl groups is 1. The summed E-state index contributed by atoms with van der Waals surface area (Å²) in [5.41, 5.74) is 4.06. The zero-order valence-electron chi connectivity index (χ0n) is 13.3. The first-order chi connectivity index (χ1) is 12.2. The molecule has 4 atom stereocenters. The normalized spacial score (nSPS) is 27.3. The first-order valence-electron chi connectivity index (χ1n) is 6.97. The second-order valence-electron chi connectivity index (χ2n) is 5.46.